The smallest absolute Gasteiger partial charge is 0.256 e. The van der Waals surface area contributed by atoms with E-state index in [1.54, 1.807) is 60.8 Å². The lowest BCUT2D eigenvalue weighted by molar-refractivity contribution is 0.102. The van der Waals surface area contributed by atoms with E-state index in [-0.39, 0.29) is 11.6 Å². The van der Waals surface area contributed by atoms with E-state index in [0.29, 0.717) is 17.1 Å². The minimum absolute atomic E-state index is 0.281. The number of hydrogen-bond donors (Lipinski definition) is 2. The van der Waals surface area contributed by atoms with Gasteiger partial charge in [0.2, 0.25) is 5.71 Å². The molecule has 2 rings (SSSR count). The highest BCUT2D eigenvalue weighted by molar-refractivity contribution is 6.10. The van der Waals surface area contributed by atoms with Gasteiger partial charge in [0.1, 0.15) is 18.0 Å². The van der Waals surface area contributed by atoms with E-state index in [4.69, 9.17) is 10.5 Å². The summed E-state index contributed by atoms with van der Waals surface area (Å²) in [4.78, 5) is 16.0. The summed E-state index contributed by atoms with van der Waals surface area (Å²) in [6, 6.07) is 14.9. The van der Waals surface area contributed by atoms with Crippen molar-refractivity contribution in [1.29, 1.82) is 10.5 Å². The Morgan fingerprint density at radius 1 is 1.09 bits per heavy atom. The molecule has 1 aromatic heterocycles. The van der Waals surface area contributed by atoms with Crippen molar-refractivity contribution in [3.8, 4) is 12.1 Å². The number of carbonyl (C=O) groups is 1. The fraction of sp³-hybridized carbons (Fsp3) is 0. The highest BCUT2D eigenvalue weighted by Gasteiger charge is 2.06. The Kier molecular flexibility index (Phi) is 4.79. The predicted molar refractivity (Wildman–Crippen MR) is 80.9 cm³/mol. The van der Waals surface area contributed by atoms with Crippen LogP contribution in [-0.4, -0.2) is 16.6 Å². The number of rotatable bonds is 4. The summed E-state index contributed by atoms with van der Waals surface area (Å²) in [5, 5.41) is 23.4. The first-order valence-corrected chi connectivity index (χ1v) is 6.19. The quantitative estimate of drug-likeness (QED) is 0.661. The standard InChI is InChI=1S/C15H10N6O/c16-9-13(10-17)21-20-12-6-4-11(5-7-12)15(22)19-14-3-1-2-8-18-14/h1-8,20H,(H,18,19,22). The number of carbonyl (C=O) groups excluding carboxylic acids is 1. The average Bonchev–Trinajstić information content (AvgIpc) is 2.57. The molecule has 2 N–H and O–H groups in total. The number of hydrazone groups is 1. The van der Waals surface area contributed by atoms with Gasteiger partial charge in [-0.15, -0.1) is 0 Å². The molecule has 0 spiro atoms. The Morgan fingerprint density at radius 2 is 1.82 bits per heavy atom. The highest BCUT2D eigenvalue weighted by Crippen LogP contribution is 2.11. The van der Waals surface area contributed by atoms with Crippen molar-refractivity contribution in [3.63, 3.8) is 0 Å². The second-order valence-corrected chi connectivity index (χ2v) is 4.04. The van der Waals surface area contributed by atoms with E-state index >= 15 is 0 Å². The van der Waals surface area contributed by atoms with Crippen LogP contribution in [0.5, 0.6) is 0 Å². The molecule has 2 aromatic rings. The number of pyridine rings is 1. The summed E-state index contributed by atoms with van der Waals surface area (Å²) >= 11 is 0. The van der Waals surface area contributed by atoms with Gasteiger partial charge < -0.3 is 5.32 Å². The van der Waals surface area contributed by atoms with Gasteiger partial charge in [-0.2, -0.15) is 15.6 Å². The molecule has 1 amide bonds. The van der Waals surface area contributed by atoms with E-state index in [1.807, 2.05) is 0 Å². The number of nitriles is 2. The minimum atomic E-state index is -0.288. The fourth-order valence-electron chi connectivity index (χ4n) is 1.52. The molecule has 0 radical (unpaired) electrons. The number of nitrogens with one attached hydrogen (secondary N) is 2. The van der Waals surface area contributed by atoms with E-state index in [0.717, 1.165) is 0 Å². The predicted octanol–water partition coefficient (Wildman–Crippen LogP) is 2.15. The molecule has 0 bridgehead atoms. The molecule has 0 fully saturated rings. The van der Waals surface area contributed by atoms with Crippen molar-refractivity contribution in [3.05, 3.63) is 54.2 Å². The maximum absolute atomic E-state index is 12.0. The van der Waals surface area contributed by atoms with Gasteiger partial charge >= 0.3 is 0 Å². The number of anilines is 2. The van der Waals surface area contributed by atoms with Gasteiger partial charge in [0.15, 0.2) is 0 Å². The maximum Gasteiger partial charge on any atom is 0.256 e. The molecule has 0 saturated heterocycles. The molecule has 0 aliphatic heterocycles. The zero-order chi connectivity index (χ0) is 15.8. The van der Waals surface area contributed by atoms with Crippen LogP contribution in [0.1, 0.15) is 10.4 Å². The van der Waals surface area contributed by atoms with Crippen LogP contribution in [0.4, 0.5) is 11.5 Å². The SMILES string of the molecule is N#CC(C#N)=NNc1ccc(C(=O)Nc2ccccn2)cc1. The molecule has 0 atom stereocenters. The highest BCUT2D eigenvalue weighted by atomic mass is 16.1. The van der Waals surface area contributed by atoms with Crippen LogP contribution in [0.15, 0.2) is 53.8 Å². The number of aromatic nitrogens is 1. The lowest BCUT2D eigenvalue weighted by Gasteiger charge is -2.05. The Labute approximate surface area is 126 Å². The zero-order valence-corrected chi connectivity index (χ0v) is 11.3. The number of hydrogen-bond acceptors (Lipinski definition) is 6. The van der Waals surface area contributed by atoms with E-state index < -0.39 is 0 Å². The van der Waals surface area contributed by atoms with Crippen molar-refractivity contribution in [2.45, 2.75) is 0 Å². The van der Waals surface area contributed by atoms with Crippen molar-refractivity contribution >= 4 is 23.1 Å². The number of nitrogens with zero attached hydrogens (tertiary/aromatic N) is 4. The molecule has 0 unspecified atom stereocenters. The number of amides is 1. The first-order valence-electron chi connectivity index (χ1n) is 6.19. The van der Waals surface area contributed by atoms with Crippen molar-refractivity contribution in [2.24, 2.45) is 5.10 Å². The van der Waals surface area contributed by atoms with E-state index in [2.05, 4.69) is 20.8 Å². The molecule has 7 heteroatoms. The van der Waals surface area contributed by atoms with Crippen LogP contribution in [0.3, 0.4) is 0 Å². The van der Waals surface area contributed by atoms with Gasteiger partial charge in [-0.25, -0.2) is 4.98 Å². The van der Waals surface area contributed by atoms with Crippen LogP contribution in [-0.2, 0) is 0 Å². The second kappa shape index (κ2) is 7.17. The summed E-state index contributed by atoms with van der Waals surface area (Å²) in [6.07, 6.45) is 1.59. The Bertz CT molecular complexity index is 752. The lowest BCUT2D eigenvalue weighted by Crippen LogP contribution is -2.12. The van der Waals surface area contributed by atoms with Gasteiger partial charge in [-0.1, -0.05) is 6.07 Å². The normalized spacial score (nSPS) is 9.00. The maximum atomic E-state index is 12.0. The first kappa shape index (κ1) is 14.7. The second-order valence-electron chi connectivity index (χ2n) is 4.04. The largest absolute Gasteiger partial charge is 0.307 e. The van der Waals surface area contributed by atoms with Crippen LogP contribution in [0.25, 0.3) is 0 Å². The van der Waals surface area contributed by atoms with Gasteiger partial charge in [0, 0.05) is 11.8 Å². The monoisotopic (exact) mass is 290 g/mol. The van der Waals surface area contributed by atoms with Gasteiger partial charge in [0.25, 0.3) is 5.91 Å². The summed E-state index contributed by atoms with van der Waals surface area (Å²) in [7, 11) is 0. The molecule has 1 aromatic carbocycles. The van der Waals surface area contributed by atoms with Gasteiger partial charge in [-0.05, 0) is 36.4 Å². The topological polar surface area (TPSA) is 114 Å². The molecule has 0 saturated carbocycles. The molecular formula is C15H10N6O. The van der Waals surface area contributed by atoms with Gasteiger partial charge in [-0.3, -0.25) is 10.2 Å². The molecule has 0 aliphatic carbocycles. The minimum Gasteiger partial charge on any atom is -0.307 e. The van der Waals surface area contributed by atoms with Crippen molar-refractivity contribution in [1.82, 2.24) is 4.98 Å². The van der Waals surface area contributed by atoms with Crippen LogP contribution < -0.4 is 10.7 Å². The van der Waals surface area contributed by atoms with Crippen LogP contribution in [0.2, 0.25) is 0 Å². The first-order chi connectivity index (χ1) is 10.7. The third kappa shape index (κ3) is 3.89. The fourth-order valence-corrected chi connectivity index (χ4v) is 1.52. The molecular weight excluding hydrogens is 280 g/mol. The summed E-state index contributed by atoms with van der Waals surface area (Å²) in [5.74, 6) is 0.176. The molecule has 0 aliphatic rings. The van der Waals surface area contributed by atoms with Gasteiger partial charge in [0.05, 0.1) is 5.69 Å². The zero-order valence-electron chi connectivity index (χ0n) is 11.3. The summed E-state index contributed by atoms with van der Waals surface area (Å²) in [5.41, 5.74) is 3.28. The van der Waals surface area contributed by atoms with Crippen LogP contribution >= 0.6 is 0 Å². The van der Waals surface area contributed by atoms with E-state index in [9.17, 15) is 4.79 Å². The third-order valence-corrected chi connectivity index (χ3v) is 2.56. The summed E-state index contributed by atoms with van der Waals surface area (Å²) in [6.45, 7) is 0. The summed E-state index contributed by atoms with van der Waals surface area (Å²) < 4.78 is 0. The molecule has 22 heavy (non-hydrogen) atoms. The number of benzene rings is 1. The Morgan fingerprint density at radius 3 is 2.41 bits per heavy atom. The Hall–Kier alpha value is -3.71. The Balaban J connectivity index is 2.03. The van der Waals surface area contributed by atoms with Crippen LogP contribution in [0, 0.1) is 22.7 Å². The average molecular weight is 290 g/mol. The lowest BCUT2D eigenvalue weighted by atomic mass is 10.2. The molecule has 106 valence electrons. The molecule has 7 nitrogen and oxygen atoms in total. The third-order valence-electron chi connectivity index (χ3n) is 2.56. The van der Waals surface area contributed by atoms with E-state index in [1.165, 1.54) is 0 Å². The van der Waals surface area contributed by atoms with Crippen molar-refractivity contribution < 1.29 is 4.79 Å². The van der Waals surface area contributed by atoms with Crippen molar-refractivity contribution in [2.75, 3.05) is 10.7 Å². The molecule has 1 heterocycles.